The Balaban J connectivity index is 1.60. The average Bonchev–Trinajstić information content (AvgIpc) is 2.78. The molecule has 2 aromatic carbocycles. The number of thioether (sulfide) groups is 1. The Morgan fingerprint density at radius 1 is 1.00 bits per heavy atom. The lowest BCUT2D eigenvalue weighted by molar-refractivity contribution is -0.0543. The Morgan fingerprint density at radius 2 is 1.66 bits per heavy atom. The normalized spacial score (nSPS) is 11.3. The molecule has 12 heteroatoms. The molecule has 0 saturated carbocycles. The van der Waals surface area contributed by atoms with Crippen molar-refractivity contribution in [1.29, 1.82) is 0 Å². The SMILES string of the molecule is Cc1cc(C)nc(SCc2ccc(C(=O)NN=Cc3ccc(OC(F)F)cc3OC(F)F)cc2)n1. The Kier molecular flexibility index (Phi) is 9.01. The van der Waals surface area contributed by atoms with Crippen LogP contribution in [-0.4, -0.2) is 35.3 Å². The van der Waals surface area contributed by atoms with Gasteiger partial charge in [0.2, 0.25) is 0 Å². The first-order chi connectivity index (χ1) is 16.7. The van der Waals surface area contributed by atoms with Crippen LogP contribution in [0.3, 0.4) is 0 Å². The number of benzene rings is 2. The summed E-state index contributed by atoms with van der Waals surface area (Å²) in [6.45, 7) is -2.52. The van der Waals surface area contributed by atoms with Crippen molar-refractivity contribution in [3.63, 3.8) is 0 Å². The molecule has 1 aromatic heterocycles. The van der Waals surface area contributed by atoms with Gasteiger partial charge in [0.05, 0.1) is 6.21 Å². The molecule has 0 aliphatic heterocycles. The minimum absolute atomic E-state index is 0.0215. The van der Waals surface area contributed by atoms with Crippen LogP contribution >= 0.6 is 11.8 Å². The maximum atomic E-state index is 12.7. The van der Waals surface area contributed by atoms with E-state index >= 15 is 0 Å². The first-order valence-corrected chi connectivity index (χ1v) is 11.1. The summed E-state index contributed by atoms with van der Waals surface area (Å²) in [4.78, 5) is 21.1. The van der Waals surface area contributed by atoms with Crippen LogP contribution in [-0.2, 0) is 5.75 Å². The lowest BCUT2D eigenvalue weighted by atomic mass is 10.1. The Labute approximate surface area is 202 Å². The third-order valence-electron chi connectivity index (χ3n) is 4.34. The van der Waals surface area contributed by atoms with E-state index in [2.05, 4.69) is 30.0 Å². The lowest BCUT2D eigenvalue weighted by Crippen LogP contribution is -2.17. The van der Waals surface area contributed by atoms with Gasteiger partial charge in [-0.3, -0.25) is 4.79 Å². The van der Waals surface area contributed by atoms with E-state index in [9.17, 15) is 22.4 Å². The van der Waals surface area contributed by atoms with Crippen molar-refractivity contribution in [3.05, 3.63) is 76.6 Å². The number of amides is 1. The molecule has 0 fully saturated rings. The van der Waals surface area contributed by atoms with Crippen molar-refractivity contribution in [1.82, 2.24) is 15.4 Å². The molecular formula is C23H20F4N4O3S. The molecule has 7 nitrogen and oxygen atoms in total. The number of rotatable bonds is 10. The predicted molar refractivity (Wildman–Crippen MR) is 122 cm³/mol. The summed E-state index contributed by atoms with van der Waals surface area (Å²) in [5, 5.41) is 4.40. The van der Waals surface area contributed by atoms with Gasteiger partial charge in [-0.05, 0) is 49.7 Å². The van der Waals surface area contributed by atoms with Crippen molar-refractivity contribution in [2.24, 2.45) is 5.10 Å². The summed E-state index contributed by atoms with van der Waals surface area (Å²) in [5.41, 5.74) is 5.35. The van der Waals surface area contributed by atoms with E-state index in [1.54, 1.807) is 24.3 Å². The van der Waals surface area contributed by atoms with Gasteiger partial charge in [0.25, 0.3) is 5.91 Å². The number of hydrazone groups is 1. The molecule has 0 aliphatic carbocycles. The predicted octanol–water partition coefficient (Wildman–Crippen LogP) is 5.35. The van der Waals surface area contributed by atoms with Crippen molar-refractivity contribution < 1.29 is 31.8 Å². The standard InChI is InChI=1S/C23H20F4N4O3S/c1-13-9-14(2)30-23(29-13)35-12-15-3-5-16(6-4-15)20(32)31-28-11-17-7-8-18(33-21(24)25)10-19(17)34-22(26)27/h3-11,21-22H,12H2,1-2H3,(H,31,32). The van der Waals surface area contributed by atoms with E-state index in [0.717, 1.165) is 35.3 Å². The van der Waals surface area contributed by atoms with E-state index in [1.165, 1.54) is 17.8 Å². The molecule has 0 spiro atoms. The molecule has 0 saturated heterocycles. The second kappa shape index (κ2) is 12.2. The molecule has 3 rings (SSSR count). The van der Waals surface area contributed by atoms with E-state index in [0.29, 0.717) is 16.5 Å². The highest BCUT2D eigenvalue weighted by molar-refractivity contribution is 7.98. The van der Waals surface area contributed by atoms with Crippen LogP contribution in [0, 0.1) is 13.8 Å². The summed E-state index contributed by atoms with van der Waals surface area (Å²) in [6, 6.07) is 11.9. The second-order valence-corrected chi connectivity index (χ2v) is 8.02. The monoisotopic (exact) mass is 508 g/mol. The van der Waals surface area contributed by atoms with E-state index in [4.69, 9.17) is 0 Å². The Morgan fingerprint density at radius 3 is 2.29 bits per heavy atom. The highest BCUT2D eigenvalue weighted by Gasteiger charge is 2.13. The fourth-order valence-electron chi connectivity index (χ4n) is 2.88. The van der Waals surface area contributed by atoms with Gasteiger partial charge >= 0.3 is 13.2 Å². The summed E-state index contributed by atoms with van der Waals surface area (Å²) in [5.74, 6) is -0.724. The zero-order valence-electron chi connectivity index (χ0n) is 18.5. The molecule has 0 unspecified atom stereocenters. The summed E-state index contributed by atoms with van der Waals surface area (Å²) >= 11 is 1.48. The second-order valence-electron chi connectivity index (χ2n) is 7.07. The molecule has 35 heavy (non-hydrogen) atoms. The largest absolute Gasteiger partial charge is 0.435 e. The van der Waals surface area contributed by atoms with Gasteiger partial charge in [-0.1, -0.05) is 23.9 Å². The highest BCUT2D eigenvalue weighted by Crippen LogP contribution is 2.26. The fraction of sp³-hybridized carbons (Fsp3) is 0.217. The topological polar surface area (TPSA) is 85.7 Å². The number of halogens is 4. The number of hydrogen-bond donors (Lipinski definition) is 1. The number of carbonyl (C=O) groups is 1. The van der Waals surface area contributed by atoms with Gasteiger partial charge < -0.3 is 9.47 Å². The lowest BCUT2D eigenvalue weighted by Gasteiger charge is -2.10. The third kappa shape index (κ3) is 8.25. The van der Waals surface area contributed by atoms with Crippen LogP contribution in [0.4, 0.5) is 17.6 Å². The highest BCUT2D eigenvalue weighted by atomic mass is 32.2. The van der Waals surface area contributed by atoms with Crippen molar-refractivity contribution >= 4 is 23.9 Å². The van der Waals surface area contributed by atoms with Gasteiger partial charge in [-0.25, -0.2) is 15.4 Å². The number of nitrogens with zero attached hydrogens (tertiary/aromatic N) is 3. The zero-order chi connectivity index (χ0) is 25.4. The molecule has 0 atom stereocenters. The fourth-order valence-corrected chi connectivity index (χ4v) is 3.78. The maximum Gasteiger partial charge on any atom is 0.387 e. The molecule has 0 radical (unpaired) electrons. The minimum atomic E-state index is -3.20. The number of ether oxygens (including phenoxy) is 2. The molecule has 1 N–H and O–H groups in total. The first kappa shape index (κ1) is 25.9. The molecule has 3 aromatic rings. The maximum absolute atomic E-state index is 12.7. The number of carbonyl (C=O) groups excluding carboxylic acids is 1. The zero-order valence-corrected chi connectivity index (χ0v) is 19.4. The van der Waals surface area contributed by atoms with Crippen LogP contribution in [0.2, 0.25) is 0 Å². The van der Waals surface area contributed by atoms with Crippen LogP contribution < -0.4 is 14.9 Å². The van der Waals surface area contributed by atoms with Gasteiger partial charge in [0.15, 0.2) is 5.16 Å². The van der Waals surface area contributed by atoms with E-state index in [1.807, 2.05) is 19.9 Å². The van der Waals surface area contributed by atoms with Crippen molar-refractivity contribution in [2.75, 3.05) is 0 Å². The van der Waals surface area contributed by atoms with Gasteiger partial charge in [-0.15, -0.1) is 0 Å². The summed E-state index contributed by atoms with van der Waals surface area (Å²) in [7, 11) is 0. The van der Waals surface area contributed by atoms with Crippen LogP contribution in [0.25, 0.3) is 0 Å². The summed E-state index contributed by atoms with van der Waals surface area (Å²) in [6.07, 6.45) is 1.05. The Hall–Kier alpha value is -3.67. The smallest absolute Gasteiger partial charge is 0.387 e. The molecule has 1 amide bonds. The third-order valence-corrected chi connectivity index (χ3v) is 5.26. The number of nitrogens with one attached hydrogen (secondary N) is 1. The van der Waals surface area contributed by atoms with Gasteiger partial charge in [-0.2, -0.15) is 22.7 Å². The number of hydrogen-bond acceptors (Lipinski definition) is 7. The molecular weight excluding hydrogens is 488 g/mol. The average molecular weight is 508 g/mol. The van der Waals surface area contributed by atoms with Crippen LogP contribution in [0.15, 0.2) is 58.8 Å². The first-order valence-electron chi connectivity index (χ1n) is 10.1. The van der Waals surface area contributed by atoms with E-state index in [-0.39, 0.29) is 11.3 Å². The quantitative estimate of drug-likeness (QED) is 0.131. The van der Waals surface area contributed by atoms with Gasteiger partial charge in [0.1, 0.15) is 11.5 Å². The molecule has 184 valence electrons. The number of aryl methyl sites for hydroxylation is 2. The number of alkyl halides is 4. The molecule has 0 aliphatic rings. The van der Waals surface area contributed by atoms with E-state index < -0.39 is 24.9 Å². The minimum Gasteiger partial charge on any atom is -0.435 e. The van der Waals surface area contributed by atoms with Crippen molar-refractivity contribution in [3.8, 4) is 11.5 Å². The molecule has 1 heterocycles. The van der Waals surface area contributed by atoms with Crippen molar-refractivity contribution in [2.45, 2.75) is 38.0 Å². The van der Waals surface area contributed by atoms with Gasteiger partial charge in [0, 0.05) is 34.3 Å². The summed E-state index contributed by atoms with van der Waals surface area (Å²) < 4.78 is 58.5. The van der Waals surface area contributed by atoms with Crippen LogP contribution in [0.1, 0.15) is 32.9 Å². The Bertz CT molecular complexity index is 1170. The number of aromatic nitrogens is 2. The molecule has 0 bridgehead atoms. The van der Waals surface area contributed by atoms with Crippen LogP contribution in [0.5, 0.6) is 11.5 Å².